The highest BCUT2D eigenvalue weighted by atomic mass is 79.9. The van der Waals surface area contributed by atoms with E-state index >= 15 is 0 Å². The summed E-state index contributed by atoms with van der Waals surface area (Å²) in [5.41, 5.74) is 3.05. The van der Waals surface area contributed by atoms with Crippen LogP contribution in [0.5, 0.6) is 5.75 Å². The van der Waals surface area contributed by atoms with E-state index in [1.54, 1.807) is 6.92 Å². The number of halogens is 2. The highest BCUT2D eigenvalue weighted by Crippen LogP contribution is 2.39. The normalized spacial score (nSPS) is 22.7. The van der Waals surface area contributed by atoms with Gasteiger partial charge in [0.05, 0.1) is 10.5 Å². The third-order valence-electron chi connectivity index (χ3n) is 7.41. The molecule has 6 heteroatoms. The first-order valence-corrected chi connectivity index (χ1v) is 13.1. The molecule has 0 N–H and O–H groups in total. The van der Waals surface area contributed by atoms with E-state index in [2.05, 4.69) is 44.5 Å². The molecule has 3 heterocycles. The highest BCUT2D eigenvalue weighted by Gasteiger charge is 2.41. The number of para-hydroxylation sites is 2. The Labute approximate surface area is 209 Å². The van der Waals surface area contributed by atoms with Crippen LogP contribution in [-0.2, 0) is 6.54 Å². The van der Waals surface area contributed by atoms with E-state index in [0.29, 0.717) is 17.1 Å². The van der Waals surface area contributed by atoms with Gasteiger partial charge >= 0.3 is 0 Å². The van der Waals surface area contributed by atoms with Crippen LogP contribution in [0.2, 0.25) is 5.02 Å². The maximum Gasteiger partial charge on any atom is 0.162 e. The zero-order chi connectivity index (χ0) is 23.1. The molecule has 2 bridgehead atoms. The number of carbonyl (C=O) groups excluding carboxylic acids is 1. The van der Waals surface area contributed by atoms with Crippen LogP contribution in [-0.4, -0.2) is 40.0 Å². The number of ether oxygens (including phenoxy) is 1. The Morgan fingerprint density at radius 2 is 1.82 bits per heavy atom. The van der Waals surface area contributed by atoms with E-state index in [-0.39, 0.29) is 11.9 Å². The van der Waals surface area contributed by atoms with Crippen LogP contribution >= 0.6 is 27.5 Å². The Morgan fingerprint density at radius 1 is 1.09 bits per heavy atom. The first-order chi connectivity index (χ1) is 15.9. The molecule has 3 aromatic rings. The summed E-state index contributed by atoms with van der Waals surface area (Å²) in [6.45, 7) is 5.73. The van der Waals surface area contributed by atoms with Crippen molar-refractivity contribution in [2.75, 3.05) is 6.54 Å². The molecule has 2 saturated heterocycles. The highest BCUT2D eigenvalue weighted by molar-refractivity contribution is 9.10. The van der Waals surface area contributed by atoms with Gasteiger partial charge in [0.25, 0.3) is 0 Å². The molecule has 174 valence electrons. The van der Waals surface area contributed by atoms with Crippen LogP contribution in [0.25, 0.3) is 10.9 Å². The molecule has 1 aromatic heterocycles. The van der Waals surface area contributed by atoms with Crippen molar-refractivity contribution in [1.82, 2.24) is 9.47 Å². The van der Waals surface area contributed by atoms with E-state index in [0.717, 1.165) is 64.7 Å². The molecule has 0 spiro atoms. The van der Waals surface area contributed by atoms with Gasteiger partial charge in [-0.05, 0) is 80.1 Å². The number of carbonyl (C=O) groups is 1. The number of rotatable bonds is 7. The van der Waals surface area contributed by atoms with Gasteiger partial charge in [-0.2, -0.15) is 0 Å². The summed E-state index contributed by atoms with van der Waals surface area (Å²) in [5, 5.41) is 1.74. The Kier molecular flexibility index (Phi) is 6.56. The second-order valence-corrected chi connectivity index (χ2v) is 10.7. The van der Waals surface area contributed by atoms with Crippen molar-refractivity contribution in [3.8, 4) is 5.75 Å². The molecule has 4 nitrogen and oxygen atoms in total. The molecule has 2 unspecified atom stereocenters. The van der Waals surface area contributed by atoms with Crippen LogP contribution < -0.4 is 4.74 Å². The third kappa shape index (κ3) is 4.36. The summed E-state index contributed by atoms with van der Waals surface area (Å²) in [5.74, 6) is 0.937. The second-order valence-electron chi connectivity index (χ2n) is 9.42. The molecule has 0 saturated carbocycles. The van der Waals surface area contributed by atoms with Crippen LogP contribution in [0, 0.1) is 6.92 Å². The Morgan fingerprint density at radius 3 is 2.52 bits per heavy atom. The number of fused-ring (bicyclic) bond motifs is 3. The number of aromatic nitrogens is 1. The summed E-state index contributed by atoms with van der Waals surface area (Å²) in [7, 11) is 0. The number of nitrogens with zero attached hydrogens (tertiary/aromatic N) is 2. The summed E-state index contributed by atoms with van der Waals surface area (Å²) in [6.07, 6.45) is 5.92. The second kappa shape index (κ2) is 9.44. The fraction of sp³-hybridized carbons (Fsp3) is 0.444. The molecule has 33 heavy (non-hydrogen) atoms. The molecule has 2 aliphatic rings. The van der Waals surface area contributed by atoms with Gasteiger partial charge in [0.1, 0.15) is 11.9 Å². The smallest absolute Gasteiger partial charge is 0.162 e. The van der Waals surface area contributed by atoms with Gasteiger partial charge in [-0.3, -0.25) is 9.69 Å². The molecular weight excluding hydrogens is 500 g/mol. The topological polar surface area (TPSA) is 34.5 Å². The van der Waals surface area contributed by atoms with Crippen LogP contribution in [0.15, 0.2) is 46.9 Å². The Hall–Kier alpha value is -1.82. The van der Waals surface area contributed by atoms with Crippen molar-refractivity contribution >= 4 is 44.2 Å². The van der Waals surface area contributed by atoms with Gasteiger partial charge in [-0.25, -0.2) is 0 Å². The quantitative estimate of drug-likeness (QED) is 0.308. The molecule has 2 fully saturated rings. The minimum atomic E-state index is 0.132. The maximum atomic E-state index is 12.3. The van der Waals surface area contributed by atoms with E-state index in [9.17, 15) is 4.79 Å². The SMILES string of the molecule is CC(=O)c1c(C)n(CCCN2C3CCC2CC(Oc2ccccc2Cl)C3)c2c(Br)cccc12. The lowest BCUT2D eigenvalue weighted by atomic mass is 9.99. The van der Waals surface area contributed by atoms with Crippen molar-refractivity contribution in [2.45, 2.75) is 70.7 Å². The van der Waals surface area contributed by atoms with Gasteiger partial charge in [-0.15, -0.1) is 0 Å². The zero-order valence-corrected chi connectivity index (χ0v) is 21.5. The van der Waals surface area contributed by atoms with Crippen LogP contribution in [0.3, 0.4) is 0 Å². The van der Waals surface area contributed by atoms with E-state index in [1.165, 1.54) is 12.8 Å². The van der Waals surface area contributed by atoms with E-state index in [1.807, 2.05) is 30.3 Å². The maximum absolute atomic E-state index is 12.3. The fourth-order valence-corrected chi connectivity index (χ4v) is 6.79. The predicted octanol–water partition coefficient (Wildman–Crippen LogP) is 7.03. The van der Waals surface area contributed by atoms with Gasteiger partial charge in [-0.1, -0.05) is 35.9 Å². The number of hydrogen-bond donors (Lipinski definition) is 0. The van der Waals surface area contributed by atoms with Gasteiger partial charge in [0.15, 0.2) is 5.78 Å². The third-order valence-corrected chi connectivity index (χ3v) is 8.37. The molecular formula is C27H30BrClN2O2. The number of ketones is 1. The Bertz CT molecular complexity index is 1180. The molecule has 5 rings (SSSR count). The summed E-state index contributed by atoms with van der Waals surface area (Å²) in [6, 6.07) is 15.1. The Balaban J connectivity index is 1.26. The number of piperidine rings is 1. The van der Waals surface area contributed by atoms with Crippen molar-refractivity contribution in [3.05, 3.63) is 63.2 Å². The molecule has 0 aliphatic carbocycles. The lowest BCUT2D eigenvalue weighted by Crippen LogP contribution is -2.46. The van der Waals surface area contributed by atoms with Crippen molar-refractivity contribution < 1.29 is 9.53 Å². The lowest BCUT2D eigenvalue weighted by molar-refractivity contribution is 0.0482. The fourth-order valence-electron chi connectivity index (χ4n) is 6.03. The minimum Gasteiger partial charge on any atom is -0.489 e. The monoisotopic (exact) mass is 528 g/mol. The van der Waals surface area contributed by atoms with Crippen molar-refractivity contribution in [2.24, 2.45) is 0 Å². The van der Waals surface area contributed by atoms with Gasteiger partial charge in [0, 0.05) is 46.3 Å². The molecule has 0 amide bonds. The van der Waals surface area contributed by atoms with Crippen LogP contribution in [0.1, 0.15) is 55.1 Å². The van der Waals surface area contributed by atoms with Crippen molar-refractivity contribution in [1.29, 1.82) is 0 Å². The first-order valence-electron chi connectivity index (χ1n) is 11.9. The number of Topliss-reactive ketones (excluding diaryl/α,β-unsaturated/α-hetero) is 1. The predicted molar refractivity (Wildman–Crippen MR) is 138 cm³/mol. The molecule has 0 radical (unpaired) electrons. The number of aryl methyl sites for hydroxylation is 1. The molecule has 2 atom stereocenters. The van der Waals surface area contributed by atoms with E-state index < -0.39 is 0 Å². The van der Waals surface area contributed by atoms with E-state index in [4.69, 9.17) is 16.3 Å². The minimum absolute atomic E-state index is 0.132. The summed E-state index contributed by atoms with van der Waals surface area (Å²) >= 11 is 10.0. The average Bonchev–Trinajstić information content (AvgIpc) is 3.19. The van der Waals surface area contributed by atoms with Gasteiger partial charge in [0.2, 0.25) is 0 Å². The lowest BCUT2D eigenvalue weighted by Gasteiger charge is -2.39. The zero-order valence-electron chi connectivity index (χ0n) is 19.2. The van der Waals surface area contributed by atoms with Crippen molar-refractivity contribution in [3.63, 3.8) is 0 Å². The largest absolute Gasteiger partial charge is 0.489 e. The summed E-state index contributed by atoms with van der Waals surface area (Å²) < 4.78 is 9.67. The average molecular weight is 530 g/mol. The standard InChI is InChI=1S/C27H30BrClN2O2/c1-17-26(18(2)32)22-7-5-8-23(28)27(22)30(17)13-6-14-31-19-11-12-20(31)16-21(15-19)33-25-10-4-3-9-24(25)29/h3-5,7-10,19-21H,6,11-16H2,1-2H3. The number of benzene rings is 2. The summed E-state index contributed by atoms with van der Waals surface area (Å²) in [4.78, 5) is 15.0. The molecule has 2 aliphatic heterocycles. The van der Waals surface area contributed by atoms with Gasteiger partial charge < -0.3 is 9.30 Å². The first kappa shape index (κ1) is 22.9. The van der Waals surface area contributed by atoms with Crippen LogP contribution in [0.4, 0.5) is 0 Å². The number of hydrogen-bond acceptors (Lipinski definition) is 3. The molecule has 2 aromatic carbocycles.